The van der Waals surface area contributed by atoms with Crippen molar-refractivity contribution in [2.75, 3.05) is 6.61 Å². The van der Waals surface area contributed by atoms with E-state index in [9.17, 15) is 9.59 Å². The number of carbonyl (C=O) groups excluding carboxylic acids is 2. The Labute approximate surface area is 113 Å². The van der Waals surface area contributed by atoms with E-state index in [0.717, 1.165) is 5.56 Å². The summed E-state index contributed by atoms with van der Waals surface area (Å²) >= 11 is 0. The molecule has 19 heavy (non-hydrogen) atoms. The van der Waals surface area contributed by atoms with Crippen LogP contribution in [0.4, 0.5) is 0 Å². The molecule has 0 bridgehead atoms. The largest absolute Gasteiger partial charge is 0.466 e. The quantitative estimate of drug-likeness (QED) is 0.431. The zero-order chi connectivity index (χ0) is 14.1. The van der Waals surface area contributed by atoms with Gasteiger partial charge in [0.15, 0.2) is 0 Å². The smallest absolute Gasteiger partial charge is 0.310 e. The van der Waals surface area contributed by atoms with E-state index in [1.807, 2.05) is 18.2 Å². The first-order chi connectivity index (χ1) is 9.17. The summed E-state index contributed by atoms with van der Waals surface area (Å²) < 4.78 is 10.3. The van der Waals surface area contributed by atoms with Gasteiger partial charge in [0.1, 0.15) is 5.75 Å². The molecule has 0 atom stereocenters. The van der Waals surface area contributed by atoms with E-state index in [1.54, 1.807) is 19.9 Å². The number of ether oxygens (including phenoxy) is 2. The second-order valence-corrected chi connectivity index (χ2v) is 4.11. The molecule has 0 aromatic heterocycles. The van der Waals surface area contributed by atoms with Gasteiger partial charge in [0.25, 0.3) is 0 Å². The molecular weight excluding hydrogens is 244 g/mol. The van der Waals surface area contributed by atoms with Crippen molar-refractivity contribution in [3.63, 3.8) is 0 Å². The summed E-state index contributed by atoms with van der Waals surface area (Å²) in [5, 5.41) is 0. The number of para-hydroxylation sites is 1. The summed E-state index contributed by atoms with van der Waals surface area (Å²) in [6.45, 7) is 3.92. The first-order valence-corrected chi connectivity index (χ1v) is 6.61. The van der Waals surface area contributed by atoms with Crippen LogP contribution in [0.25, 0.3) is 0 Å². The highest BCUT2D eigenvalue weighted by molar-refractivity contribution is 5.72. The molecule has 0 saturated heterocycles. The predicted molar refractivity (Wildman–Crippen MR) is 71.9 cm³/mol. The Morgan fingerprint density at radius 3 is 2.42 bits per heavy atom. The van der Waals surface area contributed by atoms with Crippen LogP contribution in [-0.4, -0.2) is 18.5 Å². The third-order valence-corrected chi connectivity index (χ3v) is 2.63. The normalized spacial score (nSPS) is 10.0. The van der Waals surface area contributed by atoms with Crippen LogP contribution in [0.1, 0.15) is 38.7 Å². The van der Waals surface area contributed by atoms with Crippen molar-refractivity contribution >= 4 is 11.9 Å². The number of hydrogen-bond donors (Lipinski definition) is 0. The van der Waals surface area contributed by atoms with E-state index in [1.165, 1.54) is 0 Å². The first-order valence-electron chi connectivity index (χ1n) is 6.61. The van der Waals surface area contributed by atoms with Crippen molar-refractivity contribution in [2.24, 2.45) is 0 Å². The number of carbonyl (C=O) groups is 2. The molecule has 0 amide bonds. The Hall–Kier alpha value is -1.84. The second-order valence-electron chi connectivity index (χ2n) is 4.11. The minimum absolute atomic E-state index is 0.189. The summed E-state index contributed by atoms with van der Waals surface area (Å²) in [7, 11) is 0. The Morgan fingerprint density at radius 1 is 1.05 bits per heavy atom. The molecule has 0 unspecified atom stereocenters. The maximum atomic E-state index is 11.3. The van der Waals surface area contributed by atoms with Crippen molar-refractivity contribution in [1.29, 1.82) is 0 Å². The van der Waals surface area contributed by atoms with Crippen LogP contribution in [0.3, 0.4) is 0 Å². The lowest BCUT2D eigenvalue weighted by Crippen LogP contribution is -2.08. The van der Waals surface area contributed by atoms with Gasteiger partial charge in [-0.3, -0.25) is 9.59 Å². The molecular formula is C15H20O4. The Morgan fingerprint density at radius 2 is 1.74 bits per heavy atom. The maximum absolute atomic E-state index is 11.3. The van der Waals surface area contributed by atoms with E-state index in [-0.39, 0.29) is 11.9 Å². The highest BCUT2D eigenvalue weighted by Crippen LogP contribution is 2.20. The lowest BCUT2D eigenvalue weighted by atomic mass is 10.1. The number of rotatable bonds is 7. The predicted octanol–water partition coefficient (Wildman–Crippen LogP) is 2.89. The minimum atomic E-state index is -0.245. The first kappa shape index (κ1) is 15.2. The van der Waals surface area contributed by atoms with Crippen molar-refractivity contribution in [3.8, 4) is 5.75 Å². The van der Waals surface area contributed by atoms with Gasteiger partial charge in [-0.15, -0.1) is 0 Å². The molecule has 1 rings (SSSR count). The molecule has 0 fully saturated rings. The third kappa shape index (κ3) is 5.55. The van der Waals surface area contributed by atoms with Crippen LogP contribution >= 0.6 is 0 Å². The van der Waals surface area contributed by atoms with Gasteiger partial charge < -0.3 is 9.47 Å². The summed E-state index contributed by atoms with van der Waals surface area (Å²) in [6, 6.07) is 7.43. The molecule has 0 aliphatic heterocycles. The average molecular weight is 264 g/mol. The molecule has 1 aromatic rings. The Balaban J connectivity index is 2.48. The topological polar surface area (TPSA) is 52.6 Å². The van der Waals surface area contributed by atoms with Crippen molar-refractivity contribution in [3.05, 3.63) is 29.8 Å². The van der Waals surface area contributed by atoms with Crippen LogP contribution in [-0.2, 0) is 20.7 Å². The van der Waals surface area contributed by atoms with Crippen molar-refractivity contribution < 1.29 is 19.1 Å². The van der Waals surface area contributed by atoms with Gasteiger partial charge in [-0.2, -0.15) is 0 Å². The van der Waals surface area contributed by atoms with E-state index in [2.05, 4.69) is 0 Å². The van der Waals surface area contributed by atoms with Crippen LogP contribution in [0.15, 0.2) is 24.3 Å². The molecule has 0 aliphatic rings. The van der Waals surface area contributed by atoms with Gasteiger partial charge in [-0.25, -0.2) is 0 Å². The fourth-order valence-corrected chi connectivity index (χ4v) is 1.56. The standard InChI is InChI=1S/C15H20O4/c1-3-14(16)18-11-7-9-12-8-5-6-10-13(12)19-15(17)4-2/h5-6,8,10H,3-4,7,9,11H2,1-2H3. The molecule has 0 spiro atoms. The Kier molecular flexibility index (Phi) is 6.64. The lowest BCUT2D eigenvalue weighted by molar-refractivity contribution is -0.143. The minimum Gasteiger partial charge on any atom is -0.466 e. The second kappa shape index (κ2) is 8.29. The molecule has 4 heteroatoms. The van der Waals surface area contributed by atoms with Crippen LogP contribution in [0.2, 0.25) is 0 Å². The van der Waals surface area contributed by atoms with Gasteiger partial charge in [0.05, 0.1) is 6.61 Å². The third-order valence-electron chi connectivity index (χ3n) is 2.63. The molecule has 1 aromatic carbocycles. The summed E-state index contributed by atoms with van der Waals surface area (Å²) in [6.07, 6.45) is 2.17. The molecule has 0 N–H and O–H groups in total. The monoisotopic (exact) mass is 264 g/mol. The van der Waals surface area contributed by atoms with Crippen LogP contribution in [0.5, 0.6) is 5.75 Å². The SMILES string of the molecule is CCC(=O)OCCCc1ccccc1OC(=O)CC. The molecule has 0 heterocycles. The van der Waals surface area contributed by atoms with Crippen LogP contribution in [0, 0.1) is 0 Å². The summed E-state index contributed by atoms with van der Waals surface area (Å²) in [5.74, 6) is 0.159. The fourth-order valence-electron chi connectivity index (χ4n) is 1.56. The van der Waals surface area contributed by atoms with E-state index in [0.29, 0.717) is 38.0 Å². The van der Waals surface area contributed by atoms with E-state index >= 15 is 0 Å². The molecule has 0 radical (unpaired) electrons. The van der Waals surface area contributed by atoms with E-state index in [4.69, 9.17) is 9.47 Å². The highest BCUT2D eigenvalue weighted by atomic mass is 16.5. The Bertz CT molecular complexity index is 426. The number of esters is 2. The number of benzene rings is 1. The van der Waals surface area contributed by atoms with Gasteiger partial charge in [0.2, 0.25) is 0 Å². The average Bonchev–Trinajstić information content (AvgIpc) is 2.44. The maximum Gasteiger partial charge on any atom is 0.310 e. The summed E-state index contributed by atoms with van der Waals surface area (Å²) in [4.78, 5) is 22.3. The molecule has 0 saturated carbocycles. The molecule has 4 nitrogen and oxygen atoms in total. The lowest BCUT2D eigenvalue weighted by Gasteiger charge is -2.09. The highest BCUT2D eigenvalue weighted by Gasteiger charge is 2.07. The zero-order valence-electron chi connectivity index (χ0n) is 11.5. The van der Waals surface area contributed by atoms with E-state index < -0.39 is 0 Å². The van der Waals surface area contributed by atoms with Gasteiger partial charge in [-0.1, -0.05) is 32.0 Å². The van der Waals surface area contributed by atoms with Gasteiger partial charge in [0, 0.05) is 12.8 Å². The number of aryl methyl sites for hydroxylation is 1. The van der Waals surface area contributed by atoms with Gasteiger partial charge >= 0.3 is 11.9 Å². The fraction of sp³-hybridized carbons (Fsp3) is 0.467. The zero-order valence-corrected chi connectivity index (χ0v) is 11.5. The summed E-state index contributed by atoms with van der Waals surface area (Å²) in [5.41, 5.74) is 0.955. The van der Waals surface area contributed by atoms with Gasteiger partial charge in [-0.05, 0) is 24.5 Å². The van der Waals surface area contributed by atoms with Crippen LogP contribution < -0.4 is 4.74 Å². The molecule has 104 valence electrons. The van der Waals surface area contributed by atoms with Crippen molar-refractivity contribution in [2.45, 2.75) is 39.5 Å². The van der Waals surface area contributed by atoms with Crippen molar-refractivity contribution in [1.82, 2.24) is 0 Å². The molecule has 0 aliphatic carbocycles. The number of hydrogen-bond acceptors (Lipinski definition) is 4.